The summed E-state index contributed by atoms with van der Waals surface area (Å²) in [6, 6.07) is 3.94. The Hall–Kier alpha value is -1.15. The van der Waals surface area contributed by atoms with Crippen LogP contribution in [-0.4, -0.2) is 8.42 Å². The minimum Gasteiger partial charge on any atom is -0.326 e. The highest BCUT2D eigenvalue weighted by atomic mass is 35.5. The Labute approximate surface area is 125 Å². The summed E-state index contributed by atoms with van der Waals surface area (Å²) in [4.78, 5) is 0.604. The lowest BCUT2D eigenvalue weighted by Crippen LogP contribution is -2.17. The smallest absolute Gasteiger partial charge is 0.263 e. The van der Waals surface area contributed by atoms with E-state index in [0.29, 0.717) is 10.4 Å². The molecule has 0 aliphatic carbocycles. The molecule has 1 aromatic carbocycles. The van der Waals surface area contributed by atoms with E-state index < -0.39 is 15.8 Å². The van der Waals surface area contributed by atoms with E-state index >= 15 is 0 Å². The molecule has 2 aromatic rings. The Morgan fingerprint density at radius 2 is 2.15 bits per heavy atom. The van der Waals surface area contributed by atoms with Crippen molar-refractivity contribution in [3.05, 3.63) is 44.9 Å². The number of nitrogens with one attached hydrogen (secondary N) is 1. The van der Waals surface area contributed by atoms with Crippen molar-refractivity contribution in [3.8, 4) is 0 Å². The highest BCUT2D eigenvalue weighted by Crippen LogP contribution is 2.31. The van der Waals surface area contributed by atoms with E-state index in [4.69, 9.17) is 17.3 Å². The predicted molar refractivity (Wildman–Crippen MR) is 79.2 cm³/mol. The number of thiophene rings is 1. The van der Waals surface area contributed by atoms with Crippen molar-refractivity contribution >= 4 is 38.6 Å². The number of para-hydroxylation sites is 1. The van der Waals surface area contributed by atoms with Crippen molar-refractivity contribution in [2.75, 3.05) is 4.72 Å². The summed E-state index contributed by atoms with van der Waals surface area (Å²) in [5.74, 6) is -0.733. The summed E-state index contributed by atoms with van der Waals surface area (Å²) in [5, 5.41) is 1.69. The number of hydrogen-bond acceptors (Lipinski definition) is 4. The first-order chi connectivity index (χ1) is 9.36. The Balaban J connectivity index is 2.49. The van der Waals surface area contributed by atoms with Crippen molar-refractivity contribution in [1.29, 1.82) is 0 Å². The molecule has 20 heavy (non-hydrogen) atoms. The number of aryl methyl sites for hydroxylation is 1. The topological polar surface area (TPSA) is 72.2 Å². The van der Waals surface area contributed by atoms with Gasteiger partial charge in [0.15, 0.2) is 0 Å². The zero-order valence-electron chi connectivity index (χ0n) is 10.5. The van der Waals surface area contributed by atoms with Crippen molar-refractivity contribution in [2.45, 2.75) is 18.4 Å². The monoisotopic (exact) mass is 334 g/mol. The second-order valence-corrected chi connectivity index (χ2v) is 7.07. The van der Waals surface area contributed by atoms with Crippen molar-refractivity contribution in [3.63, 3.8) is 0 Å². The minimum atomic E-state index is -3.93. The van der Waals surface area contributed by atoms with Crippen LogP contribution in [0.5, 0.6) is 0 Å². The van der Waals surface area contributed by atoms with Gasteiger partial charge in [-0.25, -0.2) is 12.8 Å². The van der Waals surface area contributed by atoms with Gasteiger partial charge >= 0.3 is 0 Å². The molecule has 2 rings (SSSR count). The summed E-state index contributed by atoms with van der Waals surface area (Å²) in [6.07, 6.45) is 0. The molecule has 4 nitrogen and oxygen atoms in total. The van der Waals surface area contributed by atoms with E-state index in [2.05, 4.69) is 4.72 Å². The lowest BCUT2D eigenvalue weighted by Gasteiger charge is -2.11. The maximum atomic E-state index is 13.7. The van der Waals surface area contributed by atoms with Crippen molar-refractivity contribution in [1.82, 2.24) is 0 Å². The third-order valence-electron chi connectivity index (χ3n) is 2.64. The normalized spacial score (nSPS) is 11.6. The van der Waals surface area contributed by atoms with Crippen LogP contribution in [-0.2, 0) is 16.6 Å². The summed E-state index contributed by atoms with van der Waals surface area (Å²) >= 11 is 7.07. The first-order valence-corrected chi connectivity index (χ1v) is 8.34. The highest BCUT2D eigenvalue weighted by molar-refractivity contribution is 7.93. The van der Waals surface area contributed by atoms with E-state index in [1.165, 1.54) is 23.5 Å². The quantitative estimate of drug-likeness (QED) is 0.902. The number of benzene rings is 1. The minimum absolute atomic E-state index is 0.00393. The summed E-state index contributed by atoms with van der Waals surface area (Å²) in [5.41, 5.74) is 5.84. The zero-order chi connectivity index (χ0) is 14.9. The molecule has 0 amide bonds. The molecule has 0 aliphatic heterocycles. The Morgan fingerprint density at radius 1 is 1.45 bits per heavy atom. The fourth-order valence-electron chi connectivity index (χ4n) is 1.77. The van der Waals surface area contributed by atoms with Crippen LogP contribution in [0.2, 0.25) is 5.02 Å². The van der Waals surface area contributed by atoms with E-state index in [9.17, 15) is 12.8 Å². The van der Waals surface area contributed by atoms with Gasteiger partial charge in [0.2, 0.25) is 0 Å². The predicted octanol–water partition coefficient (Wildman–Crippen LogP) is 3.11. The number of hydrogen-bond donors (Lipinski definition) is 2. The molecule has 1 aromatic heterocycles. The SMILES string of the molecule is Cc1csc(CN)c1S(=O)(=O)Nc1c(F)cccc1Cl. The number of anilines is 1. The maximum absolute atomic E-state index is 13.7. The summed E-state index contributed by atoms with van der Waals surface area (Å²) < 4.78 is 40.6. The molecule has 0 atom stereocenters. The van der Waals surface area contributed by atoms with Crippen LogP contribution in [0.1, 0.15) is 10.4 Å². The van der Waals surface area contributed by atoms with Crippen LogP contribution in [0.4, 0.5) is 10.1 Å². The molecular weight excluding hydrogens is 323 g/mol. The van der Waals surface area contributed by atoms with Gasteiger partial charge in [-0.15, -0.1) is 11.3 Å². The molecule has 0 saturated heterocycles. The summed E-state index contributed by atoms with van der Waals surface area (Å²) in [7, 11) is -3.93. The van der Waals surface area contributed by atoms with Gasteiger partial charge in [0, 0.05) is 11.4 Å². The molecule has 0 bridgehead atoms. The number of halogens is 2. The molecule has 0 saturated carbocycles. The van der Waals surface area contributed by atoms with Crippen LogP contribution >= 0.6 is 22.9 Å². The molecule has 0 aliphatic rings. The maximum Gasteiger partial charge on any atom is 0.263 e. The molecule has 0 unspecified atom stereocenters. The van der Waals surface area contributed by atoms with Crippen LogP contribution in [0.3, 0.4) is 0 Å². The van der Waals surface area contributed by atoms with Gasteiger partial charge in [-0.3, -0.25) is 4.72 Å². The van der Waals surface area contributed by atoms with E-state index in [-0.39, 0.29) is 22.2 Å². The molecule has 0 fully saturated rings. The number of rotatable bonds is 4. The lowest BCUT2D eigenvalue weighted by molar-refractivity contribution is 0.597. The third-order valence-corrected chi connectivity index (χ3v) is 5.79. The molecule has 108 valence electrons. The second-order valence-electron chi connectivity index (χ2n) is 4.08. The number of nitrogens with two attached hydrogens (primary N) is 1. The van der Waals surface area contributed by atoms with Gasteiger partial charge in [-0.05, 0) is 30.0 Å². The Kier molecular flexibility index (Phi) is 4.33. The van der Waals surface area contributed by atoms with E-state index in [1.807, 2.05) is 0 Å². The van der Waals surface area contributed by atoms with Gasteiger partial charge in [-0.1, -0.05) is 17.7 Å². The molecule has 0 spiro atoms. The van der Waals surface area contributed by atoms with Crippen LogP contribution in [0, 0.1) is 12.7 Å². The van der Waals surface area contributed by atoms with E-state index in [0.717, 1.165) is 6.07 Å². The number of sulfonamides is 1. The van der Waals surface area contributed by atoms with Crippen LogP contribution < -0.4 is 10.5 Å². The van der Waals surface area contributed by atoms with Gasteiger partial charge in [0.25, 0.3) is 10.0 Å². The second kappa shape index (κ2) is 5.69. The fraction of sp³-hybridized carbons (Fsp3) is 0.167. The Bertz CT molecular complexity index is 724. The van der Waals surface area contributed by atoms with Gasteiger partial charge in [-0.2, -0.15) is 0 Å². The first kappa shape index (κ1) is 15.2. The van der Waals surface area contributed by atoms with Crippen LogP contribution in [0.25, 0.3) is 0 Å². The lowest BCUT2D eigenvalue weighted by atomic mass is 10.3. The highest BCUT2D eigenvalue weighted by Gasteiger charge is 2.24. The average molecular weight is 335 g/mol. The molecule has 3 N–H and O–H groups in total. The Morgan fingerprint density at radius 3 is 2.75 bits per heavy atom. The first-order valence-electron chi connectivity index (χ1n) is 5.60. The van der Waals surface area contributed by atoms with Crippen molar-refractivity contribution in [2.24, 2.45) is 5.73 Å². The van der Waals surface area contributed by atoms with Crippen molar-refractivity contribution < 1.29 is 12.8 Å². The van der Waals surface area contributed by atoms with Gasteiger partial charge < -0.3 is 5.73 Å². The largest absolute Gasteiger partial charge is 0.326 e. The molecule has 0 radical (unpaired) electrons. The summed E-state index contributed by atoms with van der Waals surface area (Å²) in [6.45, 7) is 1.76. The fourth-order valence-corrected chi connectivity index (χ4v) is 4.83. The van der Waals surface area contributed by atoms with E-state index in [1.54, 1.807) is 12.3 Å². The average Bonchev–Trinajstić information content (AvgIpc) is 2.76. The van der Waals surface area contributed by atoms with Crippen LogP contribution in [0.15, 0.2) is 28.5 Å². The van der Waals surface area contributed by atoms with Gasteiger partial charge in [0.1, 0.15) is 16.4 Å². The molecular formula is C12H12ClFN2O2S2. The zero-order valence-corrected chi connectivity index (χ0v) is 12.9. The molecule has 1 heterocycles. The van der Waals surface area contributed by atoms with Gasteiger partial charge in [0.05, 0.1) is 5.02 Å². The molecule has 8 heteroatoms. The third kappa shape index (κ3) is 2.80. The standard InChI is InChI=1S/C12H12ClFN2O2S2/c1-7-6-19-10(5-15)12(7)20(17,18)16-11-8(13)3-2-4-9(11)14/h2-4,6,16H,5,15H2,1H3.